The molecule has 0 aromatic heterocycles. The second kappa shape index (κ2) is 7.60. The van der Waals surface area contributed by atoms with Gasteiger partial charge in [0.05, 0.1) is 12.0 Å². The van der Waals surface area contributed by atoms with Crippen LogP contribution < -0.4 is 0 Å². The molecule has 0 fully saturated rings. The predicted molar refractivity (Wildman–Crippen MR) is 119 cm³/mol. The molecule has 0 N–H and O–H groups in total. The van der Waals surface area contributed by atoms with E-state index in [0.29, 0.717) is 6.61 Å². The van der Waals surface area contributed by atoms with Crippen molar-refractivity contribution in [1.82, 2.24) is 0 Å². The molecule has 0 bridgehead atoms. The number of halogens is 1. The van der Waals surface area contributed by atoms with Gasteiger partial charge in [0, 0.05) is 3.58 Å². The second-order valence-electron chi connectivity index (χ2n) is 8.47. The molecule has 1 unspecified atom stereocenters. The lowest BCUT2D eigenvalue weighted by Crippen LogP contribution is -2.44. The monoisotopic (exact) mass is 481 g/mol. The highest BCUT2D eigenvalue weighted by molar-refractivity contribution is 14.1. The summed E-state index contributed by atoms with van der Waals surface area (Å²) in [6, 6.07) is 10.5. The third-order valence-electron chi connectivity index (χ3n) is 5.52. The quantitative estimate of drug-likeness (QED) is 0.379. The van der Waals surface area contributed by atoms with E-state index in [2.05, 4.69) is 98.9 Å². The maximum absolute atomic E-state index is 6.83. The first-order valence-electron chi connectivity index (χ1n) is 9.16. The van der Waals surface area contributed by atoms with Crippen LogP contribution in [0.3, 0.4) is 0 Å². The number of aliphatic imine (C=N–C) groups is 1. The molecule has 0 radical (unpaired) electrons. The molecule has 140 valence electrons. The van der Waals surface area contributed by atoms with Crippen molar-refractivity contribution >= 4 is 36.8 Å². The van der Waals surface area contributed by atoms with Crippen LogP contribution in [-0.2, 0) is 9.16 Å². The maximum atomic E-state index is 6.83. The van der Waals surface area contributed by atoms with Gasteiger partial charge in [-0.25, -0.2) is 4.99 Å². The van der Waals surface area contributed by atoms with Crippen LogP contribution in [0.4, 0.5) is 0 Å². The van der Waals surface area contributed by atoms with Crippen LogP contribution in [0, 0.1) is 5.92 Å². The normalized spacial score (nSPS) is 24.2. The van der Waals surface area contributed by atoms with Crippen molar-refractivity contribution in [2.45, 2.75) is 51.0 Å². The van der Waals surface area contributed by atoms with Crippen molar-refractivity contribution in [3.05, 3.63) is 57.7 Å². The van der Waals surface area contributed by atoms with Crippen LogP contribution in [0.1, 0.15) is 32.4 Å². The molecule has 1 aromatic carbocycles. The summed E-state index contributed by atoms with van der Waals surface area (Å²) >= 11 is 2.37. The minimum atomic E-state index is -1.94. The lowest BCUT2D eigenvalue weighted by Gasteiger charge is -2.40. The number of rotatable bonds is 5. The van der Waals surface area contributed by atoms with Gasteiger partial charge < -0.3 is 9.16 Å². The first-order chi connectivity index (χ1) is 12.2. The Labute approximate surface area is 171 Å². The Morgan fingerprint density at radius 2 is 1.92 bits per heavy atom. The molecule has 3 nitrogen and oxygen atoms in total. The molecule has 0 saturated heterocycles. The lowest BCUT2D eigenvalue weighted by molar-refractivity contribution is 0.136. The second-order valence-corrected chi connectivity index (χ2v) is 14.5. The first kappa shape index (κ1) is 19.8. The Morgan fingerprint density at radius 1 is 1.23 bits per heavy atom. The fraction of sp³-hybridized carbons (Fsp3) is 0.476. The van der Waals surface area contributed by atoms with Gasteiger partial charge in [0.15, 0.2) is 14.2 Å². The largest absolute Gasteiger partial charge is 0.478 e. The van der Waals surface area contributed by atoms with Crippen LogP contribution in [-0.4, -0.2) is 26.9 Å². The summed E-state index contributed by atoms with van der Waals surface area (Å²) in [5.74, 6) is 0.994. The van der Waals surface area contributed by atoms with E-state index in [4.69, 9.17) is 14.2 Å². The van der Waals surface area contributed by atoms with Crippen molar-refractivity contribution < 1.29 is 9.16 Å². The van der Waals surface area contributed by atoms with Gasteiger partial charge in [-0.05, 0) is 46.3 Å². The van der Waals surface area contributed by atoms with E-state index in [-0.39, 0.29) is 23.1 Å². The molecule has 1 heterocycles. The van der Waals surface area contributed by atoms with Crippen molar-refractivity contribution in [3.63, 3.8) is 0 Å². The molecule has 1 aromatic rings. The molecule has 26 heavy (non-hydrogen) atoms. The van der Waals surface area contributed by atoms with E-state index in [1.54, 1.807) is 0 Å². The average Bonchev–Trinajstić information content (AvgIpc) is 3.21. The topological polar surface area (TPSA) is 30.8 Å². The highest BCUT2D eigenvalue weighted by atomic mass is 127. The average molecular weight is 481 g/mol. The van der Waals surface area contributed by atoms with E-state index < -0.39 is 8.32 Å². The standard InChI is InChI=1S/C21H28INO2Si/c1-21(2,3)26(4,5)25-19(15-10-7-6-8-11-15)18-14-24-20(23-18)16-12-9-13-17(16)22/h6-13,16,18-19H,14H2,1-5H3/t16?,18-,19-/m0/s1. The van der Waals surface area contributed by atoms with Crippen LogP contribution >= 0.6 is 22.6 Å². The number of ether oxygens (including phenoxy) is 1. The third-order valence-corrected chi connectivity index (χ3v) is 11.0. The number of nitrogens with zero attached hydrogens (tertiary/aromatic N) is 1. The summed E-state index contributed by atoms with van der Waals surface area (Å²) in [7, 11) is -1.94. The predicted octanol–water partition coefficient (Wildman–Crippen LogP) is 6.05. The summed E-state index contributed by atoms with van der Waals surface area (Å²) in [6.07, 6.45) is 6.27. The molecule has 1 aliphatic carbocycles. The van der Waals surface area contributed by atoms with Crippen LogP contribution in [0.15, 0.2) is 57.1 Å². The zero-order chi connectivity index (χ0) is 18.9. The van der Waals surface area contributed by atoms with Crippen LogP contribution in [0.25, 0.3) is 0 Å². The van der Waals surface area contributed by atoms with Crippen molar-refractivity contribution in [2.75, 3.05) is 6.61 Å². The highest BCUT2D eigenvalue weighted by Gasteiger charge is 2.42. The zero-order valence-corrected chi connectivity index (χ0v) is 19.4. The fourth-order valence-electron chi connectivity index (χ4n) is 2.89. The van der Waals surface area contributed by atoms with E-state index in [1.165, 1.54) is 9.14 Å². The summed E-state index contributed by atoms with van der Waals surface area (Å²) < 4.78 is 14.1. The van der Waals surface area contributed by atoms with Gasteiger partial charge in [0.25, 0.3) is 0 Å². The third kappa shape index (κ3) is 4.15. The maximum Gasteiger partial charge on any atom is 0.195 e. The van der Waals surface area contributed by atoms with Crippen molar-refractivity contribution in [2.24, 2.45) is 10.9 Å². The minimum absolute atomic E-state index is 0.000255. The van der Waals surface area contributed by atoms with Crippen molar-refractivity contribution in [3.8, 4) is 0 Å². The molecule has 0 spiro atoms. The Hall–Kier alpha value is -0.923. The van der Waals surface area contributed by atoms with Gasteiger partial charge in [0.2, 0.25) is 0 Å². The summed E-state index contributed by atoms with van der Waals surface area (Å²) in [5.41, 5.74) is 1.18. The minimum Gasteiger partial charge on any atom is -0.478 e. The molecule has 2 aliphatic rings. The van der Waals surface area contributed by atoms with Gasteiger partial charge in [-0.1, -0.05) is 69.3 Å². The molecular formula is C21H28INO2Si. The SMILES string of the molecule is CC(C)(C)[Si](C)(C)O[C@@H](c1ccccc1)[C@@H]1COC(C2C=CC=C2I)=N1. The van der Waals surface area contributed by atoms with E-state index in [1.807, 2.05) is 6.07 Å². The molecule has 1 aliphatic heterocycles. The zero-order valence-electron chi connectivity index (χ0n) is 16.2. The van der Waals surface area contributed by atoms with Crippen LogP contribution in [0.2, 0.25) is 18.1 Å². The molecule has 0 amide bonds. The van der Waals surface area contributed by atoms with E-state index in [9.17, 15) is 0 Å². The Balaban J connectivity index is 1.89. The number of allylic oxidation sites excluding steroid dienone is 2. The van der Waals surface area contributed by atoms with Gasteiger partial charge in [-0.15, -0.1) is 0 Å². The first-order valence-corrected chi connectivity index (χ1v) is 13.1. The molecule has 3 atom stereocenters. The Bertz CT molecular complexity index is 734. The number of hydrogen-bond acceptors (Lipinski definition) is 3. The fourth-order valence-corrected chi connectivity index (χ4v) is 4.86. The molecule has 5 heteroatoms. The van der Waals surface area contributed by atoms with Crippen molar-refractivity contribution in [1.29, 1.82) is 0 Å². The van der Waals surface area contributed by atoms with E-state index >= 15 is 0 Å². The Morgan fingerprint density at radius 3 is 2.50 bits per heavy atom. The summed E-state index contributed by atoms with van der Waals surface area (Å²) in [5, 5.41) is 0.151. The molecule has 3 rings (SSSR count). The van der Waals surface area contributed by atoms with Crippen LogP contribution in [0.5, 0.6) is 0 Å². The lowest BCUT2D eigenvalue weighted by atomic mass is 10.0. The van der Waals surface area contributed by atoms with E-state index in [0.717, 1.165) is 5.90 Å². The molecule has 0 saturated carbocycles. The highest BCUT2D eigenvalue weighted by Crippen LogP contribution is 2.42. The smallest absolute Gasteiger partial charge is 0.195 e. The van der Waals surface area contributed by atoms with Gasteiger partial charge in [-0.3, -0.25) is 0 Å². The van der Waals surface area contributed by atoms with Gasteiger partial charge in [-0.2, -0.15) is 0 Å². The molecular weight excluding hydrogens is 453 g/mol. The number of benzene rings is 1. The van der Waals surface area contributed by atoms with Gasteiger partial charge in [0.1, 0.15) is 12.6 Å². The summed E-state index contributed by atoms with van der Waals surface area (Å²) in [4.78, 5) is 4.96. The van der Waals surface area contributed by atoms with Gasteiger partial charge >= 0.3 is 0 Å². The number of hydrogen-bond donors (Lipinski definition) is 0. The Kier molecular flexibility index (Phi) is 5.80. The summed E-state index contributed by atoms with van der Waals surface area (Å²) in [6.45, 7) is 12.0.